The number of aryl methyl sites for hydroxylation is 1. The highest BCUT2D eigenvalue weighted by molar-refractivity contribution is 7.99. The Balaban J connectivity index is 1.29. The van der Waals surface area contributed by atoms with Gasteiger partial charge in [-0.1, -0.05) is 60.3 Å². The summed E-state index contributed by atoms with van der Waals surface area (Å²) in [7, 11) is 1.90. The molecule has 0 spiro atoms. The van der Waals surface area contributed by atoms with Gasteiger partial charge in [0.15, 0.2) is 34.7 Å². The highest BCUT2D eigenvalue weighted by Gasteiger charge is 2.33. The molecule has 2 heterocycles. The quantitative estimate of drug-likeness (QED) is 0.105. The highest BCUT2D eigenvalue weighted by Crippen LogP contribution is 2.39. The molecule has 1 saturated heterocycles. The van der Waals surface area contributed by atoms with Crippen molar-refractivity contribution in [2.75, 3.05) is 5.75 Å². The van der Waals surface area contributed by atoms with Crippen LogP contribution >= 0.6 is 11.8 Å². The van der Waals surface area contributed by atoms with Gasteiger partial charge in [-0.15, -0.1) is 0 Å². The van der Waals surface area contributed by atoms with E-state index in [4.69, 9.17) is 9.47 Å². The predicted molar refractivity (Wildman–Crippen MR) is 146 cm³/mol. The molecule has 3 atom stereocenters. The molecule has 1 aliphatic rings. The summed E-state index contributed by atoms with van der Waals surface area (Å²) in [4.78, 5) is 16.6. The van der Waals surface area contributed by atoms with E-state index >= 15 is 0 Å². The number of benzene rings is 3. The lowest BCUT2D eigenvalue weighted by Crippen LogP contribution is -2.31. The molecule has 1 fully saturated rings. The number of imidazole rings is 1. The fourth-order valence-corrected chi connectivity index (χ4v) is 5.50. The van der Waals surface area contributed by atoms with Crippen molar-refractivity contribution in [1.82, 2.24) is 14.9 Å². The van der Waals surface area contributed by atoms with Crippen molar-refractivity contribution < 1.29 is 41.3 Å². The normalized spacial score (nSPS) is 18.5. The summed E-state index contributed by atoms with van der Waals surface area (Å²) < 4.78 is 82.8. The number of halogens is 5. The molecule has 226 valence electrons. The molecule has 0 saturated carbocycles. The fraction of sp³-hybridized carbons (Fsp3) is 0.267. The number of amides is 1. The highest BCUT2D eigenvalue weighted by atomic mass is 32.2. The maximum Gasteiger partial charge on any atom is 0.257 e. The number of nitrogens with zero attached hydrogens (tertiary/aromatic N) is 2. The van der Waals surface area contributed by atoms with Crippen molar-refractivity contribution in [2.45, 2.75) is 43.2 Å². The Morgan fingerprint density at radius 1 is 0.930 bits per heavy atom. The second kappa shape index (κ2) is 13.2. The van der Waals surface area contributed by atoms with E-state index < -0.39 is 46.8 Å². The first-order chi connectivity index (χ1) is 20.7. The Bertz CT molecular complexity index is 1570. The van der Waals surface area contributed by atoms with Gasteiger partial charge in [-0.3, -0.25) is 4.79 Å². The molecule has 2 N–H and O–H groups in total. The molecule has 4 aromatic rings. The first kappa shape index (κ1) is 30.7. The van der Waals surface area contributed by atoms with Crippen LogP contribution in [0.15, 0.2) is 66.1 Å². The Morgan fingerprint density at radius 3 is 2.14 bits per heavy atom. The minimum Gasteiger partial charge on any atom is -0.392 e. The van der Waals surface area contributed by atoms with Crippen LogP contribution < -0.4 is 5.32 Å². The van der Waals surface area contributed by atoms with E-state index in [0.717, 1.165) is 16.3 Å². The summed E-state index contributed by atoms with van der Waals surface area (Å²) in [6.07, 6.45) is 2.89. The molecule has 3 aromatic carbocycles. The van der Waals surface area contributed by atoms with Crippen LogP contribution in [0, 0.1) is 29.1 Å². The van der Waals surface area contributed by atoms with Crippen molar-refractivity contribution >= 4 is 17.7 Å². The number of thioether (sulfide) groups is 1. The molecule has 1 aliphatic heterocycles. The number of aliphatic hydroxyl groups excluding tert-OH is 1. The minimum absolute atomic E-state index is 0.0746. The largest absolute Gasteiger partial charge is 0.392 e. The Hall–Kier alpha value is -3.78. The topological polar surface area (TPSA) is 85.6 Å². The van der Waals surface area contributed by atoms with Gasteiger partial charge in [0.2, 0.25) is 5.82 Å². The first-order valence-electron chi connectivity index (χ1n) is 13.2. The van der Waals surface area contributed by atoms with Crippen molar-refractivity contribution in [3.8, 4) is 0 Å². The number of hydrogen-bond acceptors (Lipinski definition) is 6. The SMILES string of the molecule is Cn1ccnc1SC[C@@H]1C[C@H](c2ccc(CO)cc2)O[C@H](c2ccc(CNC(=O)c3c(F)c(F)c(F)c(F)c3F)cc2)O1. The Labute approximate surface area is 247 Å². The summed E-state index contributed by atoms with van der Waals surface area (Å²) in [6.45, 7) is -0.317. The lowest BCUT2D eigenvalue weighted by Gasteiger charge is -2.36. The van der Waals surface area contributed by atoms with Gasteiger partial charge in [0.05, 0.1) is 18.8 Å². The van der Waals surface area contributed by atoms with Gasteiger partial charge in [0, 0.05) is 43.7 Å². The molecule has 1 amide bonds. The van der Waals surface area contributed by atoms with E-state index in [1.165, 1.54) is 0 Å². The molecule has 7 nitrogen and oxygen atoms in total. The van der Waals surface area contributed by atoms with E-state index in [-0.39, 0.29) is 25.4 Å². The van der Waals surface area contributed by atoms with E-state index in [1.54, 1.807) is 42.2 Å². The average molecular weight is 620 g/mol. The van der Waals surface area contributed by atoms with Crippen molar-refractivity contribution in [3.05, 3.63) is 118 Å². The van der Waals surface area contributed by atoms with Gasteiger partial charge in [-0.25, -0.2) is 26.9 Å². The number of hydrogen-bond donors (Lipinski definition) is 2. The Kier molecular flexibility index (Phi) is 9.45. The summed E-state index contributed by atoms with van der Waals surface area (Å²) >= 11 is 1.55. The number of aromatic nitrogens is 2. The second-order valence-electron chi connectivity index (χ2n) is 9.85. The second-order valence-corrected chi connectivity index (χ2v) is 10.8. The zero-order chi connectivity index (χ0) is 30.7. The summed E-state index contributed by atoms with van der Waals surface area (Å²) in [5.74, 6) is -12.0. The number of carbonyl (C=O) groups is 1. The molecule has 1 aromatic heterocycles. The third kappa shape index (κ3) is 6.74. The predicted octanol–water partition coefficient (Wildman–Crippen LogP) is 5.88. The average Bonchev–Trinajstić information content (AvgIpc) is 3.45. The van der Waals surface area contributed by atoms with Gasteiger partial charge < -0.3 is 24.5 Å². The first-order valence-corrected chi connectivity index (χ1v) is 14.1. The van der Waals surface area contributed by atoms with Crippen LogP contribution in [0.2, 0.25) is 0 Å². The van der Waals surface area contributed by atoms with Crippen molar-refractivity contribution in [3.63, 3.8) is 0 Å². The lowest BCUT2D eigenvalue weighted by molar-refractivity contribution is -0.245. The molecule has 0 bridgehead atoms. The van der Waals surface area contributed by atoms with Crippen LogP contribution in [0.25, 0.3) is 0 Å². The number of carbonyl (C=O) groups excluding carboxylic acids is 1. The molecule has 13 heteroatoms. The van der Waals surface area contributed by atoms with E-state index in [1.807, 2.05) is 42.1 Å². The molecule has 43 heavy (non-hydrogen) atoms. The van der Waals surface area contributed by atoms with Crippen LogP contribution in [0.5, 0.6) is 0 Å². The summed E-state index contributed by atoms with van der Waals surface area (Å²) in [6, 6.07) is 14.1. The molecule has 0 radical (unpaired) electrons. The summed E-state index contributed by atoms with van der Waals surface area (Å²) in [5, 5.41) is 12.4. The van der Waals surface area contributed by atoms with E-state index in [2.05, 4.69) is 10.3 Å². The zero-order valence-electron chi connectivity index (χ0n) is 22.7. The van der Waals surface area contributed by atoms with Gasteiger partial charge in [-0.05, 0) is 16.7 Å². The molecule has 5 rings (SSSR count). The van der Waals surface area contributed by atoms with Gasteiger partial charge >= 0.3 is 0 Å². The number of nitrogens with one attached hydrogen (secondary N) is 1. The maximum absolute atomic E-state index is 14.0. The Morgan fingerprint density at radius 2 is 1.53 bits per heavy atom. The van der Waals surface area contributed by atoms with Crippen molar-refractivity contribution in [1.29, 1.82) is 0 Å². The summed E-state index contributed by atoms with van der Waals surface area (Å²) in [5.41, 5.74) is 1.31. The standard InChI is InChI=1S/C30H26F5N3O4S/c1-38-11-10-36-30(38)43-15-20-12-21(18-6-4-17(14-39)5-7-18)42-29(41-20)19-8-2-16(3-9-19)13-37-28(40)22-23(31)25(33)27(35)26(34)24(22)32/h2-11,20-21,29,39H,12-15H2,1H3,(H,37,40)/t20-,21+,29+/m0/s1. The third-order valence-electron chi connectivity index (χ3n) is 6.93. The van der Waals surface area contributed by atoms with E-state index in [9.17, 15) is 31.9 Å². The molecular formula is C30H26F5N3O4S. The van der Waals surface area contributed by atoms with Crippen LogP contribution in [-0.4, -0.2) is 32.4 Å². The van der Waals surface area contributed by atoms with Gasteiger partial charge in [0.25, 0.3) is 5.91 Å². The monoisotopic (exact) mass is 619 g/mol. The number of rotatable bonds is 9. The molecule has 0 unspecified atom stereocenters. The third-order valence-corrected chi connectivity index (χ3v) is 8.12. The van der Waals surface area contributed by atoms with Crippen molar-refractivity contribution in [2.24, 2.45) is 7.05 Å². The lowest BCUT2D eigenvalue weighted by atomic mass is 10.0. The fourth-order valence-electron chi connectivity index (χ4n) is 4.55. The van der Waals surface area contributed by atoms with Crippen LogP contribution in [-0.2, 0) is 29.7 Å². The molecular weight excluding hydrogens is 593 g/mol. The maximum atomic E-state index is 14.0. The van der Waals surface area contributed by atoms with Crippen LogP contribution in [0.4, 0.5) is 22.0 Å². The number of ether oxygens (including phenoxy) is 2. The van der Waals surface area contributed by atoms with Gasteiger partial charge in [0.1, 0.15) is 5.56 Å². The minimum atomic E-state index is -2.34. The van der Waals surface area contributed by atoms with Gasteiger partial charge in [-0.2, -0.15) is 0 Å². The van der Waals surface area contributed by atoms with E-state index in [0.29, 0.717) is 23.3 Å². The number of aliphatic hydroxyl groups is 1. The van der Waals surface area contributed by atoms with Crippen LogP contribution in [0.1, 0.15) is 51.4 Å². The smallest absolute Gasteiger partial charge is 0.257 e. The van der Waals surface area contributed by atoms with Crippen LogP contribution in [0.3, 0.4) is 0 Å². The molecule has 0 aliphatic carbocycles. The zero-order valence-corrected chi connectivity index (χ0v) is 23.5.